The van der Waals surface area contributed by atoms with Crippen LogP contribution in [0.2, 0.25) is 0 Å². The molecule has 7 aliphatic rings. The number of rotatable bonds is 11. The summed E-state index contributed by atoms with van der Waals surface area (Å²) in [7, 11) is -5.28. The summed E-state index contributed by atoms with van der Waals surface area (Å²) in [6.07, 6.45) is -7.56. The Hall–Kier alpha value is -0.810. The molecular weight excluding hydrogens is 844 g/mol. The molecule has 0 aromatic rings. The van der Waals surface area contributed by atoms with Crippen LogP contribution in [0.5, 0.6) is 0 Å². The van der Waals surface area contributed by atoms with Gasteiger partial charge in [-0.1, -0.05) is 39.3 Å². The molecule has 3 aliphatic heterocycles. The van der Waals surface area contributed by atoms with E-state index in [0.29, 0.717) is 32.1 Å². The quantitative estimate of drug-likeness (QED) is 0.0439. The minimum Gasteiger partial charge on any atom is -0.726 e. The Labute approximate surface area is 387 Å². The van der Waals surface area contributed by atoms with Crippen LogP contribution in [0.25, 0.3) is 0 Å². The zero-order chi connectivity index (χ0) is 45.0. The number of ether oxygens (including phenoxy) is 6. The molecule has 17 nitrogen and oxygen atoms in total. The van der Waals surface area contributed by atoms with E-state index < -0.39 is 117 Å². The van der Waals surface area contributed by atoms with Crippen molar-refractivity contribution in [3.8, 4) is 0 Å². The summed E-state index contributed by atoms with van der Waals surface area (Å²) in [5.41, 5.74) is -2.96. The first-order valence-electron chi connectivity index (χ1n) is 21.9. The fraction of sp³-hybridized carbons (Fsp3) is 0.907. The standard InChI is InChI=1S/C43H68O17S.Na/c1-21-30(46)32(48)33(49)35(55-21)57-34-31(47)25(60-61(51,52)53)20-54-36(34)56-29-14-17-40(7)24-19-28(45)43-27(13-18-41(43,8)23(24)11-12-26(40)39(29,5)6)42(9,59-37(43)50)16-10-15-38(3,4)58-22(2)44;/h19,21,23,25-36,45-49H,10-18,20H2,1-9H3,(H,51,52,53);/q;+1/p-1/t21?,23?,25?,26?,27-,28?,29+,30?,31?,32?,33?,34?,35?,36?,40-,41?,42?,43+;/m1./s1. The Morgan fingerprint density at radius 1 is 0.919 bits per heavy atom. The first-order valence-corrected chi connectivity index (χ1v) is 23.2. The number of hydrogen-bond acceptors (Lipinski definition) is 17. The molecular formula is C43H67NaO17S. The number of aliphatic hydroxyl groups excluding tert-OH is 5. The van der Waals surface area contributed by atoms with Crippen LogP contribution in [0.15, 0.2) is 11.6 Å². The van der Waals surface area contributed by atoms with Crippen molar-refractivity contribution in [2.45, 2.75) is 199 Å². The number of fused-ring (bicyclic) bond motifs is 4. The molecule has 14 unspecified atom stereocenters. The van der Waals surface area contributed by atoms with Crippen molar-refractivity contribution in [2.24, 2.45) is 39.4 Å². The number of esters is 2. The number of allylic oxidation sites excluding steroid dienone is 1. The molecule has 0 aromatic carbocycles. The average Bonchev–Trinajstić information content (AvgIpc) is 3.60. The summed E-state index contributed by atoms with van der Waals surface area (Å²) >= 11 is 0. The van der Waals surface area contributed by atoms with Crippen LogP contribution >= 0.6 is 0 Å². The van der Waals surface area contributed by atoms with E-state index in [-0.39, 0.29) is 59.2 Å². The van der Waals surface area contributed by atoms with Gasteiger partial charge in [-0.3, -0.25) is 13.8 Å². The van der Waals surface area contributed by atoms with E-state index in [0.717, 1.165) is 31.3 Å². The Kier molecular flexibility index (Phi) is 14.2. The van der Waals surface area contributed by atoms with Crippen LogP contribution in [0.3, 0.4) is 0 Å². The van der Waals surface area contributed by atoms with Crippen molar-refractivity contribution in [1.29, 1.82) is 0 Å². The van der Waals surface area contributed by atoms with Crippen LogP contribution < -0.4 is 29.6 Å². The number of hydrogen-bond donors (Lipinski definition) is 5. The van der Waals surface area contributed by atoms with Crippen LogP contribution in [-0.2, 0) is 52.6 Å². The van der Waals surface area contributed by atoms with Gasteiger partial charge in [0, 0.05) is 12.8 Å². The maximum Gasteiger partial charge on any atom is 1.00 e. The average molecular weight is 911 g/mol. The van der Waals surface area contributed by atoms with Gasteiger partial charge in [-0.15, -0.1) is 0 Å². The van der Waals surface area contributed by atoms with Crippen molar-refractivity contribution in [3.63, 3.8) is 0 Å². The summed E-state index contributed by atoms with van der Waals surface area (Å²) in [5.74, 6) is -0.870. The van der Waals surface area contributed by atoms with E-state index in [1.165, 1.54) is 13.8 Å². The van der Waals surface area contributed by atoms with E-state index in [1.54, 1.807) is 0 Å². The molecule has 3 saturated heterocycles. The van der Waals surface area contributed by atoms with Crippen molar-refractivity contribution >= 4 is 22.3 Å². The molecule has 19 heteroatoms. The third kappa shape index (κ3) is 8.32. The SMILES string of the molecule is CC(=O)OC(C)(C)CCCC1(C)OC(=O)[C@]23C(O)C=C4C(CCC5C(C)(C)[C@@H](OC6OCC(OS(=O)(=O)[O-])C(O)C6OC6OC(C)C(O)C(O)C6O)CC[C@]45C)C2(C)CC[C@H]13.[Na+]. The van der Waals surface area contributed by atoms with E-state index in [1.807, 2.05) is 26.8 Å². The minimum absolute atomic E-state index is 0. The van der Waals surface area contributed by atoms with Crippen LogP contribution in [0.1, 0.15) is 120 Å². The Morgan fingerprint density at radius 3 is 2.24 bits per heavy atom. The zero-order valence-electron chi connectivity index (χ0n) is 37.8. The molecule has 0 aromatic heterocycles. The number of carbonyl (C=O) groups is 2. The summed E-state index contributed by atoms with van der Waals surface area (Å²) in [6, 6.07) is 0. The molecule has 7 rings (SSSR count). The topological polar surface area (TPSA) is 257 Å². The maximum atomic E-state index is 14.4. The Balaban J connectivity index is 0.00000641. The molecule has 0 bridgehead atoms. The van der Waals surface area contributed by atoms with E-state index >= 15 is 0 Å². The van der Waals surface area contributed by atoms with Gasteiger partial charge in [-0.2, -0.15) is 0 Å². The number of carbonyl (C=O) groups excluding carboxylic acids is 2. The fourth-order valence-electron chi connectivity index (χ4n) is 13.6. The van der Waals surface area contributed by atoms with Gasteiger partial charge < -0.3 is 58.5 Å². The predicted molar refractivity (Wildman–Crippen MR) is 211 cm³/mol. The van der Waals surface area contributed by atoms with Crippen LogP contribution in [0, 0.1) is 39.4 Å². The summed E-state index contributed by atoms with van der Waals surface area (Å²) in [4.78, 5) is 26.1. The molecule has 0 radical (unpaired) electrons. The van der Waals surface area contributed by atoms with Crippen molar-refractivity contribution in [3.05, 3.63) is 11.6 Å². The second kappa shape index (κ2) is 17.4. The van der Waals surface area contributed by atoms with E-state index in [9.17, 15) is 48.1 Å². The van der Waals surface area contributed by atoms with Crippen LogP contribution in [-0.4, -0.2) is 136 Å². The molecule has 1 spiro atoms. The van der Waals surface area contributed by atoms with Gasteiger partial charge >= 0.3 is 41.5 Å². The van der Waals surface area contributed by atoms with E-state index in [2.05, 4.69) is 31.9 Å². The van der Waals surface area contributed by atoms with Crippen LogP contribution in [0.4, 0.5) is 0 Å². The molecule has 5 N–H and O–H groups in total. The number of cyclic esters (lactones) is 1. The van der Waals surface area contributed by atoms with Gasteiger partial charge in [0.25, 0.3) is 0 Å². The molecule has 3 saturated carbocycles. The molecule has 3 heterocycles. The monoisotopic (exact) mass is 910 g/mol. The van der Waals surface area contributed by atoms with E-state index in [4.69, 9.17) is 28.4 Å². The second-order valence-electron chi connectivity index (χ2n) is 21.0. The number of aliphatic hydroxyl groups is 5. The summed E-state index contributed by atoms with van der Waals surface area (Å²) in [5, 5.41) is 55.2. The molecule has 348 valence electrons. The van der Waals surface area contributed by atoms with Gasteiger partial charge in [0.15, 0.2) is 12.6 Å². The smallest absolute Gasteiger partial charge is 0.726 e. The van der Waals surface area contributed by atoms with Gasteiger partial charge in [0.05, 0.1) is 24.9 Å². The largest absolute Gasteiger partial charge is 1.00 e. The summed E-state index contributed by atoms with van der Waals surface area (Å²) < 4.78 is 75.3. The zero-order valence-corrected chi connectivity index (χ0v) is 40.6. The first-order chi connectivity index (χ1) is 28.1. The molecule has 18 atom stereocenters. The predicted octanol–water partition coefficient (Wildman–Crippen LogP) is -0.465. The summed E-state index contributed by atoms with van der Waals surface area (Å²) in [6.45, 7) is 16.6. The molecule has 62 heavy (non-hydrogen) atoms. The van der Waals surface area contributed by atoms with Crippen molar-refractivity contribution in [2.75, 3.05) is 6.61 Å². The normalized spacial score (nSPS) is 47.5. The minimum atomic E-state index is -5.28. The third-order valence-corrected chi connectivity index (χ3v) is 17.0. The third-order valence-electron chi connectivity index (χ3n) is 16.5. The van der Waals surface area contributed by atoms with Gasteiger partial charge in [0.1, 0.15) is 53.2 Å². The van der Waals surface area contributed by atoms with Gasteiger partial charge in [-0.25, -0.2) is 8.42 Å². The molecule has 0 amide bonds. The fourth-order valence-corrected chi connectivity index (χ4v) is 14.1. The first kappa shape index (κ1) is 50.6. The second-order valence-corrected chi connectivity index (χ2v) is 22.0. The van der Waals surface area contributed by atoms with Crippen molar-refractivity contribution < 1.29 is 110 Å². The van der Waals surface area contributed by atoms with Crippen molar-refractivity contribution in [1.82, 2.24) is 0 Å². The molecule has 6 fully saturated rings. The molecule has 4 aliphatic carbocycles. The Morgan fingerprint density at radius 2 is 1.60 bits per heavy atom. The Bertz CT molecular complexity index is 1840. The van der Waals surface area contributed by atoms with Gasteiger partial charge in [-0.05, 0) is 114 Å². The van der Waals surface area contributed by atoms with Gasteiger partial charge in [0.2, 0.25) is 10.4 Å². The maximum absolute atomic E-state index is 14.4.